The summed E-state index contributed by atoms with van der Waals surface area (Å²) in [6, 6.07) is 4.30. The first-order valence-corrected chi connectivity index (χ1v) is 7.47. The summed E-state index contributed by atoms with van der Waals surface area (Å²) in [6.07, 6.45) is 2.43. The van der Waals surface area contributed by atoms with Gasteiger partial charge in [0.15, 0.2) is 0 Å². The van der Waals surface area contributed by atoms with Gasteiger partial charge in [-0.3, -0.25) is 0 Å². The Labute approximate surface area is 114 Å². The fourth-order valence-electron chi connectivity index (χ4n) is 1.96. The van der Waals surface area contributed by atoms with Crippen molar-refractivity contribution in [3.8, 4) is 5.75 Å². The number of alkyl halides is 1. The summed E-state index contributed by atoms with van der Waals surface area (Å²) in [5.41, 5.74) is 3.81. The van der Waals surface area contributed by atoms with Crippen LogP contribution in [0.5, 0.6) is 5.75 Å². The number of benzene rings is 1. The Hall–Kier alpha value is -0.500. The van der Waals surface area contributed by atoms with Gasteiger partial charge in [0.25, 0.3) is 0 Å². The van der Waals surface area contributed by atoms with Gasteiger partial charge in [-0.2, -0.15) is 0 Å². The van der Waals surface area contributed by atoms with Crippen LogP contribution in [-0.2, 0) is 0 Å². The van der Waals surface area contributed by atoms with Crippen LogP contribution in [0.1, 0.15) is 36.5 Å². The van der Waals surface area contributed by atoms with E-state index >= 15 is 0 Å². The first-order valence-electron chi connectivity index (χ1n) is 6.35. The monoisotopic (exact) mass is 298 g/mol. The van der Waals surface area contributed by atoms with Gasteiger partial charge in [-0.05, 0) is 43.9 Å². The quantitative estimate of drug-likeness (QED) is 0.685. The Kier molecular flexibility index (Phi) is 6.04. The van der Waals surface area contributed by atoms with Gasteiger partial charge in [0.05, 0.1) is 6.61 Å². The lowest BCUT2D eigenvalue weighted by Crippen LogP contribution is -2.14. The van der Waals surface area contributed by atoms with Crippen LogP contribution >= 0.6 is 15.9 Å². The highest BCUT2D eigenvalue weighted by Gasteiger charge is 2.10. The van der Waals surface area contributed by atoms with Crippen molar-refractivity contribution >= 4 is 15.9 Å². The molecule has 0 amide bonds. The highest BCUT2D eigenvalue weighted by molar-refractivity contribution is 9.09. The van der Waals surface area contributed by atoms with Crippen LogP contribution < -0.4 is 4.74 Å². The molecule has 17 heavy (non-hydrogen) atoms. The third-order valence-electron chi connectivity index (χ3n) is 3.25. The number of ether oxygens (including phenoxy) is 1. The Bertz CT molecular complexity index is 360. The highest BCUT2D eigenvalue weighted by Crippen LogP contribution is 2.26. The van der Waals surface area contributed by atoms with Crippen molar-refractivity contribution < 1.29 is 4.74 Å². The average Bonchev–Trinajstić information content (AvgIpc) is 2.32. The number of hydrogen-bond donors (Lipinski definition) is 0. The first-order chi connectivity index (χ1) is 8.10. The van der Waals surface area contributed by atoms with Gasteiger partial charge >= 0.3 is 0 Å². The molecule has 1 aromatic carbocycles. The average molecular weight is 299 g/mol. The largest absolute Gasteiger partial charge is 0.493 e. The molecule has 0 N–H and O–H groups in total. The van der Waals surface area contributed by atoms with Gasteiger partial charge in [-0.25, -0.2) is 0 Å². The maximum atomic E-state index is 6.02. The van der Waals surface area contributed by atoms with E-state index in [9.17, 15) is 0 Å². The molecule has 0 aliphatic rings. The molecule has 0 saturated heterocycles. The lowest BCUT2D eigenvalue weighted by atomic mass is 10.0. The number of rotatable bonds is 6. The zero-order valence-corrected chi connectivity index (χ0v) is 12.9. The SMILES string of the molecule is CCCC(CBr)COc1c(C)ccc(C)c1C. The van der Waals surface area contributed by atoms with E-state index in [2.05, 4.69) is 55.8 Å². The molecule has 0 aliphatic carbocycles. The van der Waals surface area contributed by atoms with Crippen molar-refractivity contribution in [1.82, 2.24) is 0 Å². The van der Waals surface area contributed by atoms with Crippen LogP contribution in [0.15, 0.2) is 12.1 Å². The molecule has 0 radical (unpaired) electrons. The Morgan fingerprint density at radius 3 is 2.41 bits per heavy atom. The van der Waals surface area contributed by atoms with Crippen LogP contribution in [-0.4, -0.2) is 11.9 Å². The van der Waals surface area contributed by atoms with E-state index < -0.39 is 0 Å². The lowest BCUT2D eigenvalue weighted by molar-refractivity contribution is 0.252. The lowest BCUT2D eigenvalue weighted by Gasteiger charge is -2.18. The summed E-state index contributed by atoms with van der Waals surface area (Å²) >= 11 is 3.56. The predicted molar refractivity (Wildman–Crippen MR) is 78.3 cm³/mol. The molecule has 96 valence electrons. The van der Waals surface area contributed by atoms with Crippen molar-refractivity contribution in [1.29, 1.82) is 0 Å². The fourth-order valence-corrected chi connectivity index (χ4v) is 2.47. The minimum absolute atomic E-state index is 0.610. The minimum Gasteiger partial charge on any atom is -0.493 e. The molecule has 1 unspecified atom stereocenters. The summed E-state index contributed by atoms with van der Waals surface area (Å²) in [4.78, 5) is 0. The van der Waals surface area contributed by atoms with Gasteiger partial charge in [0, 0.05) is 11.2 Å². The maximum Gasteiger partial charge on any atom is 0.125 e. The standard InChI is InChI=1S/C15H23BrO/c1-5-6-14(9-16)10-17-15-12(3)8-7-11(2)13(15)4/h7-8,14H,5-6,9-10H2,1-4H3. The summed E-state index contributed by atoms with van der Waals surface area (Å²) in [5.74, 6) is 1.69. The smallest absolute Gasteiger partial charge is 0.125 e. The van der Waals surface area contributed by atoms with Gasteiger partial charge in [-0.1, -0.05) is 41.4 Å². The van der Waals surface area contributed by atoms with Crippen LogP contribution in [0, 0.1) is 26.7 Å². The molecular weight excluding hydrogens is 276 g/mol. The number of halogens is 1. The maximum absolute atomic E-state index is 6.02. The van der Waals surface area contributed by atoms with E-state index in [1.165, 1.54) is 29.5 Å². The van der Waals surface area contributed by atoms with Crippen LogP contribution in [0.3, 0.4) is 0 Å². The molecule has 1 nitrogen and oxygen atoms in total. The van der Waals surface area contributed by atoms with E-state index in [0.29, 0.717) is 5.92 Å². The van der Waals surface area contributed by atoms with E-state index in [-0.39, 0.29) is 0 Å². The van der Waals surface area contributed by atoms with Crippen LogP contribution in [0.25, 0.3) is 0 Å². The van der Waals surface area contributed by atoms with Gasteiger partial charge in [0.1, 0.15) is 5.75 Å². The molecule has 2 heteroatoms. The molecule has 0 heterocycles. The molecule has 0 spiro atoms. The van der Waals surface area contributed by atoms with E-state index in [1.807, 2.05) is 0 Å². The molecule has 0 aromatic heterocycles. The van der Waals surface area contributed by atoms with E-state index in [0.717, 1.165) is 17.7 Å². The molecule has 0 bridgehead atoms. The molecule has 0 aliphatic heterocycles. The summed E-state index contributed by atoms with van der Waals surface area (Å²) in [6.45, 7) is 9.42. The van der Waals surface area contributed by atoms with E-state index in [1.54, 1.807) is 0 Å². The molecule has 1 aromatic rings. The Morgan fingerprint density at radius 2 is 1.82 bits per heavy atom. The van der Waals surface area contributed by atoms with Crippen molar-refractivity contribution in [2.24, 2.45) is 5.92 Å². The highest BCUT2D eigenvalue weighted by atomic mass is 79.9. The van der Waals surface area contributed by atoms with E-state index in [4.69, 9.17) is 4.74 Å². The molecule has 1 rings (SSSR count). The summed E-state index contributed by atoms with van der Waals surface area (Å²) in [7, 11) is 0. The summed E-state index contributed by atoms with van der Waals surface area (Å²) in [5, 5.41) is 1.02. The second-order valence-corrected chi connectivity index (χ2v) is 5.42. The molecule has 0 saturated carbocycles. The topological polar surface area (TPSA) is 9.23 Å². The van der Waals surface area contributed by atoms with Crippen LogP contribution in [0.2, 0.25) is 0 Å². The van der Waals surface area contributed by atoms with Crippen molar-refractivity contribution in [2.75, 3.05) is 11.9 Å². The second-order valence-electron chi connectivity index (χ2n) is 4.77. The van der Waals surface area contributed by atoms with Crippen molar-refractivity contribution in [2.45, 2.75) is 40.5 Å². The van der Waals surface area contributed by atoms with Gasteiger partial charge in [-0.15, -0.1) is 0 Å². The molecule has 0 fully saturated rings. The normalized spacial score (nSPS) is 12.5. The minimum atomic E-state index is 0.610. The van der Waals surface area contributed by atoms with Crippen molar-refractivity contribution in [3.05, 3.63) is 28.8 Å². The second kappa shape index (κ2) is 7.05. The van der Waals surface area contributed by atoms with Gasteiger partial charge in [0.2, 0.25) is 0 Å². The number of aryl methyl sites for hydroxylation is 2. The third-order valence-corrected chi connectivity index (χ3v) is 4.17. The fraction of sp³-hybridized carbons (Fsp3) is 0.600. The zero-order valence-electron chi connectivity index (χ0n) is 11.3. The third kappa shape index (κ3) is 4.02. The van der Waals surface area contributed by atoms with Crippen LogP contribution in [0.4, 0.5) is 0 Å². The Balaban J connectivity index is 2.71. The predicted octanol–water partition coefficient (Wildman–Crippen LogP) is 4.80. The van der Waals surface area contributed by atoms with Gasteiger partial charge < -0.3 is 4.74 Å². The summed E-state index contributed by atoms with van der Waals surface area (Å²) < 4.78 is 6.02. The van der Waals surface area contributed by atoms with Crippen molar-refractivity contribution in [3.63, 3.8) is 0 Å². The molecular formula is C15H23BrO. The molecule has 1 atom stereocenters. The Morgan fingerprint density at radius 1 is 1.18 bits per heavy atom. The number of hydrogen-bond acceptors (Lipinski definition) is 1. The first kappa shape index (κ1) is 14.6. The zero-order chi connectivity index (χ0) is 12.8.